The normalized spacial score (nSPS) is 16.0. The van der Waals surface area contributed by atoms with Crippen molar-refractivity contribution in [2.75, 3.05) is 7.11 Å². The molecule has 5 aromatic rings. The molecule has 0 saturated carbocycles. The number of hydrogen-bond donors (Lipinski definition) is 0. The van der Waals surface area contributed by atoms with Gasteiger partial charge in [-0.15, -0.1) is 0 Å². The number of non-ortho nitro benzene ring substituents is 1. The van der Waals surface area contributed by atoms with Crippen molar-refractivity contribution < 1.29 is 14.1 Å². The molecular weight excluding hydrogens is 550 g/mol. The molecule has 9 heteroatoms. The Morgan fingerprint density at radius 2 is 1.86 bits per heavy atom. The molecule has 1 aliphatic carbocycles. The molecule has 0 N–H and O–H groups in total. The Labute approximate surface area is 244 Å². The average Bonchev–Trinajstić information content (AvgIpc) is 3.59. The van der Waals surface area contributed by atoms with E-state index in [4.69, 9.17) is 14.1 Å². The van der Waals surface area contributed by atoms with E-state index in [1.54, 1.807) is 36.8 Å². The molecule has 0 bridgehead atoms. The molecule has 208 valence electrons. The largest absolute Gasteiger partial charge is 0.496 e. The van der Waals surface area contributed by atoms with Crippen LogP contribution >= 0.6 is 11.3 Å². The maximum Gasteiger partial charge on any atom is 0.271 e. The van der Waals surface area contributed by atoms with E-state index in [9.17, 15) is 14.9 Å². The number of para-hydroxylation sites is 1. The molecule has 7 rings (SSSR count). The van der Waals surface area contributed by atoms with Crippen LogP contribution in [0.3, 0.4) is 0 Å². The van der Waals surface area contributed by atoms with E-state index in [0.29, 0.717) is 20.9 Å². The lowest BCUT2D eigenvalue weighted by atomic mass is 9.83. The minimum atomic E-state index is -0.418. The minimum absolute atomic E-state index is 0.0269. The summed E-state index contributed by atoms with van der Waals surface area (Å²) < 4.78 is 14.1. The number of nitro benzene ring substituents is 1. The third-order valence-corrected chi connectivity index (χ3v) is 8.88. The van der Waals surface area contributed by atoms with E-state index in [0.717, 1.165) is 52.1 Å². The van der Waals surface area contributed by atoms with Crippen molar-refractivity contribution >= 4 is 28.8 Å². The van der Waals surface area contributed by atoms with Gasteiger partial charge >= 0.3 is 0 Å². The van der Waals surface area contributed by atoms with E-state index in [-0.39, 0.29) is 17.3 Å². The second kappa shape index (κ2) is 10.1. The van der Waals surface area contributed by atoms with Crippen molar-refractivity contribution in [2.45, 2.75) is 25.8 Å². The van der Waals surface area contributed by atoms with Crippen LogP contribution in [0.2, 0.25) is 0 Å². The fraction of sp³-hybridized carbons (Fsp3) is 0.152. The second-order valence-electron chi connectivity index (χ2n) is 10.3. The Kier molecular flexibility index (Phi) is 6.24. The fourth-order valence-corrected chi connectivity index (χ4v) is 6.91. The third-order valence-electron chi connectivity index (χ3n) is 7.89. The van der Waals surface area contributed by atoms with Crippen LogP contribution in [0.1, 0.15) is 40.5 Å². The zero-order chi connectivity index (χ0) is 29.0. The summed E-state index contributed by atoms with van der Waals surface area (Å²) in [6, 6.07) is 24.1. The Balaban J connectivity index is 1.38. The molecule has 3 aromatic carbocycles. The number of nitrogens with zero attached hydrogens (tertiary/aromatic N) is 3. The molecule has 0 amide bonds. The lowest BCUT2D eigenvalue weighted by molar-refractivity contribution is -0.384. The Morgan fingerprint density at radius 1 is 1.05 bits per heavy atom. The van der Waals surface area contributed by atoms with Gasteiger partial charge in [0.05, 0.1) is 28.3 Å². The molecule has 3 heterocycles. The maximum absolute atomic E-state index is 14.1. The average molecular weight is 576 g/mol. The number of furan rings is 1. The Bertz CT molecular complexity index is 2120. The zero-order valence-corrected chi connectivity index (χ0v) is 23.7. The van der Waals surface area contributed by atoms with Gasteiger partial charge in [0.15, 0.2) is 4.80 Å². The lowest BCUT2D eigenvalue weighted by Crippen LogP contribution is -2.38. The number of ether oxygens (including phenoxy) is 1. The lowest BCUT2D eigenvalue weighted by Gasteiger charge is -2.31. The van der Waals surface area contributed by atoms with Gasteiger partial charge in [-0.3, -0.25) is 19.5 Å². The first kappa shape index (κ1) is 25.9. The first-order valence-electron chi connectivity index (χ1n) is 13.5. The van der Waals surface area contributed by atoms with Crippen molar-refractivity contribution in [2.24, 2.45) is 4.99 Å². The molecule has 1 aliphatic heterocycles. The van der Waals surface area contributed by atoms with Crippen LogP contribution in [0.25, 0.3) is 23.1 Å². The number of allylic oxidation sites excluding steroid dienone is 1. The van der Waals surface area contributed by atoms with Crippen molar-refractivity contribution in [1.82, 2.24) is 4.57 Å². The topological polar surface area (TPSA) is 99.9 Å². The molecule has 0 saturated heterocycles. The summed E-state index contributed by atoms with van der Waals surface area (Å²) in [6.45, 7) is 1.81. The summed E-state index contributed by atoms with van der Waals surface area (Å²) >= 11 is 1.33. The molecule has 8 nitrogen and oxygen atoms in total. The second-order valence-corrected chi connectivity index (χ2v) is 11.3. The third kappa shape index (κ3) is 4.21. The van der Waals surface area contributed by atoms with Crippen molar-refractivity contribution in [3.05, 3.63) is 142 Å². The maximum atomic E-state index is 14.1. The first-order chi connectivity index (χ1) is 20.4. The van der Waals surface area contributed by atoms with E-state index < -0.39 is 4.92 Å². The molecule has 42 heavy (non-hydrogen) atoms. The number of hydrogen-bond acceptors (Lipinski definition) is 7. The van der Waals surface area contributed by atoms with E-state index in [1.807, 2.05) is 36.4 Å². The van der Waals surface area contributed by atoms with Crippen LogP contribution in [0, 0.1) is 17.0 Å². The van der Waals surface area contributed by atoms with E-state index >= 15 is 0 Å². The fourth-order valence-electron chi connectivity index (χ4n) is 5.93. The van der Waals surface area contributed by atoms with Gasteiger partial charge in [0, 0.05) is 34.9 Å². The molecule has 0 spiro atoms. The summed E-state index contributed by atoms with van der Waals surface area (Å²) in [4.78, 5) is 30.5. The van der Waals surface area contributed by atoms with Gasteiger partial charge in [-0.1, -0.05) is 53.8 Å². The SMILES string of the molecule is COc1ccccc1[C@H]1C2=C(N=c3s/c(=C\c4ccc(-c5ccc([N+](=O)[O-])cc5C)o4)c(=O)n31)c1ccccc1CC2. The van der Waals surface area contributed by atoms with Gasteiger partial charge in [0.2, 0.25) is 0 Å². The van der Waals surface area contributed by atoms with Crippen molar-refractivity contribution in [3.63, 3.8) is 0 Å². The predicted octanol–water partition coefficient (Wildman–Crippen LogP) is 5.80. The summed E-state index contributed by atoms with van der Waals surface area (Å²) in [6.07, 6.45) is 3.40. The molecule has 0 radical (unpaired) electrons. The highest BCUT2D eigenvalue weighted by Gasteiger charge is 2.34. The van der Waals surface area contributed by atoms with Crippen LogP contribution in [-0.4, -0.2) is 16.6 Å². The number of benzene rings is 3. The van der Waals surface area contributed by atoms with Gasteiger partial charge in [0.1, 0.15) is 17.3 Å². The Hall–Kier alpha value is -5.02. The molecular formula is C33H25N3O5S. The van der Waals surface area contributed by atoms with Crippen LogP contribution in [-0.2, 0) is 6.42 Å². The highest BCUT2D eigenvalue weighted by atomic mass is 32.1. The van der Waals surface area contributed by atoms with Crippen LogP contribution in [0.4, 0.5) is 5.69 Å². The van der Waals surface area contributed by atoms with Gasteiger partial charge in [-0.2, -0.15) is 0 Å². The number of methoxy groups -OCH3 is 1. The van der Waals surface area contributed by atoms with E-state index in [1.165, 1.54) is 29.0 Å². The van der Waals surface area contributed by atoms with Gasteiger partial charge < -0.3 is 9.15 Å². The standard InChI is InChI=1S/C33H25N3O5S/c1-19-17-21(36(38)39)12-15-23(19)28-16-13-22(41-28)18-29-32(37)35-31(25-9-5-6-10-27(25)40-2)26-14-11-20-7-3-4-8-24(20)30(26)34-33(35)42-29/h3-10,12-13,15-18,31H,11,14H2,1-2H3/b29-18-/t31-/m0/s1. The number of thiazole rings is 1. The number of nitro groups is 1. The first-order valence-corrected chi connectivity index (χ1v) is 14.4. The highest BCUT2D eigenvalue weighted by molar-refractivity contribution is 7.07. The monoisotopic (exact) mass is 575 g/mol. The summed E-state index contributed by atoms with van der Waals surface area (Å²) in [5.74, 6) is 1.80. The van der Waals surface area contributed by atoms with E-state index in [2.05, 4.69) is 18.2 Å². The van der Waals surface area contributed by atoms with Crippen molar-refractivity contribution in [1.29, 1.82) is 0 Å². The summed E-state index contributed by atoms with van der Waals surface area (Å²) in [5, 5.41) is 11.1. The summed E-state index contributed by atoms with van der Waals surface area (Å²) in [5.41, 5.74) is 6.66. The van der Waals surface area contributed by atoms with Crippen LogP contribution < -0.4 is 19.6 Å². The van der Waals surface area contributed by atoms with Crippen LogP contribution in [0.5, 0.6) is 5.75 Å². The highest BCUT2D eigenvalue weighted by Crippen LogP contribution is 2.43. The predicted molar refractivity (Wildman–Crippen MR) is 161 cm³/mol. The van der Waals surface area contributed by atoms with Gasteiger partial charge in [-0.05, 0) is 60.7 Å². The molecule has 0 fully saturated rings. The molecule has 2 aromatic heterocycles. The minimum Gasteiger partial charge on any atom is -0.496 e. The number of rotatable bonds is 5. The number of aryl methyl sites for hydroxylation is 2. The quantitative estimate of drug-likeness (QED) is 0.195. The van der Waals surface area contributed by atoms with Crippen LogP contribution in [0.15, 0.2) is 98.6 Å². The smallest absolute Gasteiger partial charge is 0.271 e. The molecule has 2 aliphatic rings. The molecule has 0 unspecified atom stereocenters. The van der Waals surface area contributed by atoms with Gasteiger partial charge in [-0.25, -0.2) is 4.99 Å². The Morgan fingerprint density at radius 3 is 2.67 bits per heavy atom. The number of aromatic nitrogens is 1. The summed E-state index contributed by atoms with van der Waals surface area (Å²) in [7, 11) is 1.65. The number of fused-ring (bicyclic) bond motifs is 3. The molecule has 1 atom stereocenters. The van der Waals surface area contributed by atoms with Gasteiger partial charge in [0.25, 0.3) is 11.2 Å². The van der Waals surface area contributed by atoms with Crippen molar-refractivity contribution in [3.8, 4) is 17.1 Å². The zero-order valence-electron chi connectivity index (χ0n) is 22.9.